The van der Waals surface area contributed by atoms with Crippen LogP contribution < -0.4 is 5.73 Å². The number of nitrogens with two attached hydrogens (primary N) is 1. The van der Waals surface area contributed by atoms with Crippen LogP contribution in [-0.4, -0.2) is 23.7 Å². The third kappa shape index (κ3) is 2.71. The van der Waals surface area contributed by atoms with Gasteiger partial charge in [-0.1, -0.05) is 6.92 Å². The predicted octanol–water partition coefficient (Wildman–Crippen LogP) is 3.14. The summed E-state index contributed by atoms with van der Waals surface area (Å²) in [5.41, 5.74) is 6.54. The van der Waals surface area contributed by atoms with Crippen molar-refractivity contribution < 1.29 is 9.15 Å². The molecule has 19 heavy (non-hydrogen) atoms. The summed E-state index contributed by atoms with van der Waals surface area (Å²) in [4.78, 5) is 0. The number of aryl methyl sites for hydroxylation is 1. The average Bonchev–Trinajstić information content (AvgIpc) is 3.07. The van der Waals surface area contributed by atoms with E-state index < -0.39 is 0 Å². The predicted molar refractivity (Wildman–Crippen MR) is 78.4 cm³/mol. The van der Waals surface area contributed by atoms with Gasteiger partial charge in [-0.2, -0.15) is 11.8 Å². The molecule has 3 heterocycles. The van der Waals surface area contributed by atoms with Crippen LogP contribution in [0.4, 0.5) is 0 Å². The molecular formula is C15H23NO2S. The van der Waals surface area contributed by atoms with Gasteiger partial charge in [-0.25, -0.2) is 0 Å². The molecular weight excluding hydrogens is 258 g/mol. The van der Waals surface area contributed by atoms with Crippen molar-refractivity contribution >= 4 is 11.8 Å². The Morgan fingerprint density at radius 2 is 2.42 bits per heavy atom. The zero-order valence-electron chi connectivity index (χ0n) is 11.6. The van der Waals surface area contributed by atoms with Crippen molar-refractivity contribution in [2.45, 2.75) is 44.2 Å². The first kappa shape index (κ1) is 13.5. The van der Waals surface area contributed by atoms with Crippen LogP contribution in [0, 0.1) is 5.92 Å². The lowest BCUT2D eigenvalue weighted by molar-refractivity contribution is -0.0843. The fraction of sp³-hybridized carbons (Fsp3) is 0.733. The zero-order valence-corrected chi connectivity index (χ0v) is 12.4. The Morgan fingerprint density at radius 1 is 1.53 bits per heavy atom. The van der Waals surface area contributed by atoms with E-state index in [9.17, 15) is 0 Å². The van der Waals surface area contributed by atoms with Gasteiger partial charge >= 0.3 is 0 Å². The second-order valence-electron chi connectivity index (χ2n) is 5.77. The molecule has 4 heteroatoms. The average molecular weight is 281 g/mol. The van der Waals surface area contributed by atoms with E-state index in [1.807, 2.05) is 11.8 Å². The van der Waals surface area contributed by atoms with E-state index in [1.165, 1.54) is 12.2 Å². The molecule has 106 valence electrons. The largest absolute Gasteiger partial charge is 0.464 e. The zero-order chi connectivity index (χ0) is 13.3. The van der Waals surface area contributed by atoms with Gasteiger partial charge in [0.05, 0.1) is 11.6 Å². The highest BCUT2D eigenvalue weighted by Crippen LogP contribution is 2.43. The van der Waals surface area contributed by atoms with Crippen molar-refractivity contribution in [2.75, 3.05) is 18.1 Å². The molecule has 2 aliphatic rings. The van der Waals surface area contributed by atoms with Crippen LogP contribution in [0.15, 0.2) is 16.5 Å². The Morgan fingerprint density at radius 3 is 3.11 bits per heavy atom. The summed E-state index contributed by atoms with van der Waals surface area (Å²) < 4.78 is 11.9. The third-order valence-electron chi connectivity index (χ3n) is 4.47. The van der Waals surface area contributed by atoms with E-state index in [4.69, 9.17) is 14.9 Å². The molecule has 0 bridgehead atoms. The maximum absolute atomic E-state index is 6.43. The summed E-state index contributed by atoms with van der Waals surface area (Å²) >= 11 is 2.01. The van der Waals surface area contributed by atoms with Gasteiger partial charge in [0.25, 0.3) is 0 Å². The summed E-state index contributed by atoms with van der Waals surface area (Å²) in [6, 6.07) is 4.12. The molecule has 3 atom stereocenters. The van der Waals surface area contributed by atoms with Gasteiger partial charge < -0.3 is 14.9 Å². The lowest BCUT2D eigenvalue weighted by Gasteiger charge is -2.39. The van der Waals surface area contributed by atoms with Crippen molar-refractivity contribution in [1.82, 2.24) is 0 Å². The van der Waals surface area contributed by atoms with Crippen LogP contribution in [0.5, 0.6) is 0 Å². The van der Waals surface area contributed by atoms with Gasteiger partial charge in [0, 0.05) is 18.8 Å². The Bertz CT molecular complexity index is 426. The molecule has 0 amide bonds. The molecule has 2 fully saturated rings. The van der Waals surface area contributed by atoms with E-state index in [1.54, 1.807) is 0 Å². The summed E-state index contributed by atoms with van der Waals surface area (Å²) in [5.74, 6) is 4.83. The molecule has 1 spiro atoms. The van der Waals surface area contributed by atoms with E-state index in [0.29, 0.717) is 5.92 Å². The molecule has 0 aliphatic carbocycles. The molecule has 1 aromatic heterocycles. The van der Waals surface area contributed by atoms with Crippen LogP contribution in [0.1, 0.15) is 43.7 Å². The fourth-order valence-electron chi connectivity index (χ4n) is 3.23. The topological polar surface area (TPSA) is 48.4 Å². The number of furan rings is 1. The molecule has 3 rings (SSSR count). The maximum atomic E-state index is 6.43. The van der Waals surface area contributed by atoms with E-state index in [-0.39, 0.29) is 11.6 Å². The summed E-state index contributed by atoms with van der Waals surface area (Å²) in [6.07, 6.45) is 4.25. The molecule has 2 aliphatic heterocycles. The van der Waals surface area contributed by atoms with Crippen molar-refractivity contribution in [3.63, 3.8) is 0 Å². The van der Waals surface area contributed by atoms with Gasteiger partial charge in [-0.05, 0) is 43.1 Å². The monoisotopic (exact) mass is 281 g/mol. The minimum atomic E-state index is 0.0201. The quantitative estimate of drug-likeness (QED) is 0.924. The highest BCUT2D eigenvalue weighted by atomic mass is 32.2. The molecule has 2 saturated heterocycles. The highest BCUT2D eigenvalue weighted by Gasteiger charge is 2.42. The number of thioether (sulfide) groups is 1. The molecule has 3 nitrogen and oxygen atoms in total. The SMILES string of the molecule is CCc1ccc(C(N)C2CCOC3(CCSC3)C2)o1. The normalized spacial score (nSPS) is 32.8. The van der Waals surface area contributed by atoms with Crippen LogP contribution in [0.25, 0.3) is 0 Å². The second kappa shape index (κ2) is 5.51. The van der Waals surface area contributed by atoms with Gasteiger partial charge in [0.1, 0.15) is 11.5 Å². The second-order valence-corrected chi connectivity index (χ2v) is 6.88. The van der Waals surface area contributed by atoms with Crippen LogP contribution in [0.3, 0.4) is 0 Å². The maximum Gasteiger partial charge on any atom is 0.121 e. The molecule has 0 saturated carbocycles. The Kier molecular flexibility index (Phi) is 3.92. The fourth-order valence-corrected chi connectivity index (χ4v) is 4.61. The van der Waals surface area contributed by atoms with Crippen LogP contribution in [0.2, 0.25) is 0 Å². The lowest BCUT2D eigenvalue weighted by Crippen LogP contribution is -2.42. The first-order valence-corrected chi connectivity index (χ1v) is 8.44. The Labute approximate surface area is 119 Å². The van der Waals surface area contributed by atoms with Gasteiger partial charge in [0.15, 0.2) is 0 Å². The van der Waals surface area contributed by atoms with Crippen LogP contribution in [-0.2, 0) is 11.2 Å². The number of hydrogen-bond acceptors (Lipinski definition) is 4. The number of ether oxygens (including phenoxy) is 1. The van der Waals surface area contributed by atoms with Crippen molar-refractivity contribution in [3.8, 4) is 0 Å². The Balaban J connectivity index is 1.70. The van der Waals surface area contributed by atoms with Gasteiger partial charge in [-0.3, -0.25) is 0 Å². The molecule has 0 aromatic carbocycles. The molecule has 0 radical (unpaired) electrons. The minimum absolute atomic E-state index is 0.0201. The summed E-state index contributed by atoms with van der Waals surface area (Å²) in [7, 11) is 0. The smallest absolute Gasteiger partial charge is 0.121 e. The minimum Gasteiger partial charge on any atom is -0.464 e. The van der Waals surface area contributed by atoms with Gasteiger partial charge in [0.2, 0.25) is 0 Å². The number of rotatable bonds is 3. The molecule has 3 unspecified atom stereocenters. The van der Waals surface area contributed by atoms with Crippen molar-refractivity contribution in [2.24, 2.45) is 11.7 Å². The van der Waals surface area contributed by atoms with Crippen molar-refractivity contribution in [1.29, 1.82) is 0 Å². The third-order valence-corrected chi connectivity index (χ3v) is 5.69. The molecule has 1 aromatic rings. The van der Waals surface area contributed by atoms with Crippen molar-refractivity contribution in [3.05, 3.63) is 23.7 Å². The van der Waals surface area contributed by atoms with E-state index in [0.717, 1.165) is 43.1 Å². The Hall–Kier alpha value is -0.450. The summed E-state index contributed by atoms with van der Waals surface area (Å²) in [5, 5.41) is 0. The van der Waals surface area contributed by atoms with Gasteiger partial charge in [-0.15, -0.1) is 0 Å². The first-order valence-electron chi connectivity index (χ1n) is 7.28. The number of hydrogen-bond donors (Lipinski definition) is 1. The van der Waals surface area contributed by atoms with E-state index >= 15 is 0 Å². The molecule has 2 N–H and O–H groups in total. The van der Waals surface area contributed by atoms with E-state index in [2.05, 4.69) is 19.1 Å². The first-order chi connectivity index (χ1) is 9.22. The summed E-state index contributed by atoms with van der Waals surface area (Å²) in [6.45, 7) is 2.95. The highest BCUT2D eigenvalue weighted by molar-refractivity contribution is 7.99. The lowest BCUT2D eigenvalue weighted by atomic mass is 9.81. The standard InChI is InChI=1S/C15H23NO2S/c1-2-12-3-4-13(18-12)14(16)11-5-7-17-15(9-11)6-8-19-10-15/h3-4,11,14H,2,5-10,16H2,1H3. The van der Waals surface area contributed by atoms with Crippen LogP contribution >= 0.6 is 11.8 Å².